The van der Waals surface area contributed by atoms with Crippen molar-refractivity contribution in [3.63, 3.8) is 0 Å². The number of fused-ring (bicyclic) bond motifs is 1. The molecule has 5 aromatic rings. The van der Waals surface area contributed by atoms with Gasteiger partial charge < -0.3 is 10.6 Å². The molecule has 2 amide bonds. The molecule has 36 heavy (non-hydrogen) atoms. The number of anilines is 1. The summed E-state index contributed by atoms with van der Waals surface area (Å²) < 4.78 is 0. The number of benzene rings is 2. The predicted octanol–water partition coefficient (Wildman–Crippen LogP) is 6.42. The van der Waals surface area contributed by atoms with Crippen LogP contribution < -0.4 is 10.6 Å². The van der Waals surface area contributed by atoms with Crippen LogP contribution in [0.1, 0.15) is 5.56 Å². The first kappa shape index (κ1) is 23.7. The fourth-order valence-electron chi connectivity index (χ4n) is 3.67. The molecule has 0 atom stereocenters. The molecule has 0 bridgehead atoms. The average molecular weight is 515 g/mol. The van der Waals surface area contributed by atoms with Crippen LogP contribution in [0.3, 0.4) is 0 Å². The van der Waals surface area contributed by atoms with Gasteiger partial charge in [0.05, 0.1) is 23.3 Å². The lowest BCUT2D eigenvalue weighted by Crippen LogP contribution is -2.30. The highest BCUT2D eigenvalue weighted by molar-refractivity contribution is 6.31. The van der Waals surface area contributed by atoms with E-state index in [1.54, 1.807) is 36.8 Å². The molecule has 3 heterocycles. The molecule has 0 saturated carbocycles. The Kier molecular flexibility index (Phi) is 7.02. The lowest BCUT2D eigenvalue weighted by Gasteiger charge is -2.12. The van der Waals surface area contributed by atoms with Crippen LogP contribution in [0.4, 0.5) is 10.5 Å². The highest BCUT2D eigenvalue weighted by Crippen LogP contribution is 2.32. The predicted molar refractivity (Wildman–Crippen MR) is 143 cm³/mol. The number of rotatable bonds is 6. The Balaban J connectivity index is 1.42. The molecule has 9 heteroatoms. The van der Waals surface area contributed by atoms with Crippen molar-refractivity contribution < 1.29 is 4.79 Å². The first-order chi connectivity index (χ1) is 17.5. The van der Waals surface area contributed by atoms with Gasteiger partial charge >= 0.3 is 6.03 Å². The number of nitrogens with one attached hydrogen (secondary N) is 2. The molecule has 0 aliphatic heterocycles. The summed E-state index contributed by atoms with van der Waals surface area (Å²) in [5.74, 6) is 0. The molecule has 0 radical (unpaired) electrons. The molecule has 3 aromatic heterocycles. The largest absolute Gasteiger partial charge is 0.338 e. The van der Waals surface area contributed by atoms with E-state index in [2.05, 4.69) is 20.6 Å². The minimum atomic E-state index is -0.330. The van der Waals surface area contributed by atoms with Gasteiger partial charge in [0.2, 0.25) is 0 Å². The van der Waals surface area contributed by atoms with Gasteiger partial charge in [-0.15, -0.1) is 0 Å². The van der Waals surface area contributed by atoms with Crippen molar-refractivity contribution in [2.24, 2.45) is 0 Å². The van der Waals surface area contributed by atoms with Gasteiger partial charge in [0.15, 0.2) is 5.65 Å². The molecule has 0 unspecified atom stereocenters. The maximum atomic E-state index is 12.4. The highest BCUT2D eigenvalue weighted by Gasteiger charge is 2.15. The summed E-state index contributed by atoms with van der Waals surface area (Å²) in [5.41, 5.74) is 5.61. The van der Waals surface area contributed by atoms with Crippen LogP contribution in [-0.4, -0.2) is 32.5 Å². The smallest absolute Gasteiger partial charge is 0.319 e. The number of pyridine rings is 2. The van der Waals surface area contributed by atoms with Gasteiger partial charge in [-0.1, -0.05) is 53.5 Å². The quantitative estimate of drug-likeness (QED) is 0.272. The lowest BCUT2D eigenvalue weighted by atomic mass is 10.0. The Bertz CT molecular complexity index is 1510. The van der Waals surface area contributed by atoms with Crippen LogP contribution in [0.15, 0.2) is 85.3 Å². The third kappa shape index (κ3) is 5.59. The average Bonchev–Trinajstić information content (AvgIpc) is 2.89. The number of hydrogen-bond donors (Lipinski definition) is 2. The molecule has 2 N–H and O–H groups in total. The Morgan fingerprint density at radius 2 is 1.50 bits per heavy atom. The van der Waals surface area contributed by atoms with E-state index >= 15 is 0 Å². The van der Waals surface area contributed by atoms with Crippen molar-refractivity contribution in [1.29, 1.82) is 0 Å². The van der Waals surface area contributed by atoms with E-state index in [1.165, 1.54) is 0 Å². The van der Waals surface area contributed by atoms with E-state index in [9.17, 15) is 4.79 Å². The van der Waals surface area contributed by atoms with Crippen molar-refractivity contribution in [2.45, 2.75) is 6.42 Å². The van der Waals surface area contributed by atoms with Crippen molar-refractivity contribution >= 4 is 46.1 Å². The molecule has 0 aliphatic rings. The van der Waals surface area contributed by atoms with E-state index in [0.717, 1.165) is 16.7 Å². The molecule has 178 valence electrons. The maximum absolute atomic E-state index is 12.4. The zero-order chi connectivity index (χ0) is 24.9. The van der Waals surface area contributed by atoms with Crippen LogP contribution in [-0.2, 0) is 6.42 Å². The molecule has 0 saturated heterocycles. The normalized spacial score (nSPS) is 10.8. The summed E-state index contributed by atoms with van der Waals surface area (Å²) in [6, 6.07) is 20.1. The molecule has 5 rings (SSSR count). The highest BCUT2D eigenvalue weighted by atomic mass is 35.5. The number of amides is 2. The van der Waals surface area contributed by atoms with Crippen LogP contribution in [0.5, 0.6) is 0 Å². The second-order valence-corrected chi connectivity index (χ2v) is 8.87. The van der Waals surface area contributed by atoms with Gasteiger partial charge in [0.25, 0.3) is 0 Å². The van der Waals surface area contributed by atoms with Gasteiger partial charge in [-0.25, -0.2) is 19.7 Å². The molecule has 0 spiro atoms. The molecule has 2 aromatic carbocycles. The molecular weight excluding hydrogens is 495 g/mol. The maximum Gasteiger partial charge on any atom is 0.319 e. The number of carbonyl (C=O) groups excluding carboxylic acids is 1. The SMILES string of the molecule is O=C(NCCc1cccnc1)Nc1cnc2nc(-c3ccc(Cl)cc3)c(-c3ccc(Cl)cc3)nc2c1. The topological polar surface area (TPSA) is 92.7 Å². The number of nitrogens with zero attached hydrogens (tertiary/aromatic N) is 4. The first-order valence-corrected chi connectivity index (χ1v) is 11.9. The Morgan fingerprint density at radius 1 is 0.833 bits per heavy atom. The second kappa shape index (κ2) is 10.7. The third-order valence-electron chi connectivity index (χ3n) is 5.44. The molecule has 0 aliphatic carbocycles. The Labute approximate surface area is 217 Å². The van der Waals surface area contributed by atoms with E-state index < -0.39 is 0 Å². The second-order valence-electron chi connectivity index (χ2n) is 7.99. The summed E-state index contributed by atoms with van der Waals surface area (Å²) in [4.78, 5) is 30.6. The monoisotopic (exact) mass is 514 g/mol. The number of urea groups is 1. The minimum absolute atomic E-state index is 0.330. The van der Waals surface area contributed by atoms with Gasteiger partial charge in [-0.2, -0.15) is 0 Å². The van der Waals surface area contributed by atoms with Crippen molar-refractivity contribution in [1.82, 2.24) is 25.3 Å². The number of aromatic nitrogens is 4. The number of halogens is 2. The summed E-state index contributed by atoms with van der Waals surface area (Å²) in [7, 11) is 0. The summed E-state index contributed by atoms with van der Waals surface area (Å²) in [6.07, 6.45) is 5.74. The van der Waals surface area contributed by atoms with Crippen LogP contribution in [0.2, 0.25) is 10.0 Å². The van der Waals surface area contributed by atoms with E-state index in [0.29, 0.717) is 51.2 Å². The van der Waals surface area contributed by atoms with Crippen molar-refractivity contribution in [3.8, 4) is 22.5 Å². The molecule has 0 fully saturated rings. The van der Waals surface area contributed by atoms with Crippen molar-refractivity contribution in [3.05, 3.63) is 101 Å². The van der Waals surface area contributed by atoms with E-state index in [1.807, 2.05) is 48.5 Å². The lowest BCUT2D eigenvalue weighted by molar-refractivity contribution is 0.252. The van der Waals surface area contributed by atoms with Crippen LogP contribution in [0, 0.1) is 0 Å². The van der Waals surface area contributed by atoms with Crippen molar-refractivity contribution in [2.75, 3.05) is 11.9 Å². The summed E-state index contributed by atoms with van der Waals surface area (Å²) >= 11 is 12.2. The van der Waals surface area contributed by atoms with Gasteiger partial charge in [-0.3, -0.25) is 4.98 Å². The summed E-state index contributed by atoms with van der Waals surface area (Å²) in [6.45, 7) is 0.476. The Hall–Kier alpha value is -4.07. The third-order valence-corrected chi connectivity index (χ3v) is 5.94. The van der Waals surface area contributed by atoms with Crippen LogP contribution in [0.25, 0.3) is 33.7 Å². The summed E-state index contributed by atoms with van der Waals surface area (Å²) in [5, 5.41) is 6.91. The van der Waals surface area contributed by atoms with Gasteiger partial charge in [-0.05, 0) is 48.4 Å². The first-order valence-electron chi connectivity index (χ1n) is 11.2. The van der Waals surface area contributed by atoms with E-state index in [4.69, 9.17) is 33.2 Å². The fraction of sp³-hybridized carbons (Fsp3) is 0.0741. The van der Waals surface area contributed by atoms with E-state index in [-0.39, 0.29) is 6.03 Å². The fourth-order valence-corrected chi connectivity index (χ4v) is 3.93. The Morgan fingerprint density at radius 3 is 2.14 bits per heavy atom. The standard InChI is InChI=1S/C27H20Cl2N6O/c28-20-7-3-18(4-8-20)24-25(19-5-9-21(29)10-6-19)35-26-23(34-24)14-22(16-32-26)33-27(36)31-13-11-17-2-1-12-30-15-17/h1-10,12,14-16H,11,13H2,(H2,31,33,36). The zero-order valence-corrected chi connectivity index (χ0v) is 20.5. The zero-order valence-electron chi connectivity index (χ0n) is 19.0. The van der Waals surface area contributed by atoms with Crippen LogP contribution >= 0.6 is 23.2 Å². The minimum Gasteiger partial charge on any atom is -0.338 e. The van der Waals surface area contributed by atoms with Gasteiger partial charge in [0.1, 0.15) is 5.52 Å². The molecule has 7 nitrogen and oxygen atoms in total. The molecular formula is C27H20Cl2N6O. The number of carbonyl (C=O) groups is 1. The number of hydrogen-bond acceptors (Lipinski definition) is 5. The van der Waals surface area contributed by atoms with Gasteiger partial charge in [0, 0.05) is 40.1 Å².